The molecule has 47 heavy (non-hydrogen) atoms. The highest BCUT2D eigenvalue weighted by molar-refractivity contribution is 7.62. The predicted octanol–water partition coefficient (Wildman–Crippen LogP) is 7.33. The minimum atomic E-state index is -2.18. The highest BCUT2D eigenvalue weighted by Crippen LogP contribution is 2.45. The average molecular weight is 675 g/mol. The molecule has 3 heterocycles. The summed E-state index contributed by atoms with van der Waals surface area (Å²) in [6, 6.07) is 15.5. The fraction of sp³-hybridized carbons (Fsp3) is 0.400. The van der Waals surface area contributed by atoms with E-state index in [9.17, 15) is 19.0 Å². The molecule has 0 spiro atoms. The Morgan fingerprint density at radius 3 is 2.68 bits per heavy atom. The molecule has 1 saturated carbocycles. The van der Waals surface area contributed by atoms with Gasteiger partial charge in [-0.3, -0.25) is 9.78 Å². The van der Waals surface area contributed by atoms with Crippen molar-refractivity contribution in [2.75, 3.05) is 50.6 Å². The van der Waals surface area contributed by atoms with E-state index in [1.54, 1.807) is 6.20 Å². The monoisotopic (exact) mass is 674 g/mol. The SMILES string of the molecule is C=C(F)C(=O)N1CCN(c2nc(OCC3CCCC3CP(C)(C)=O)nc3cc(-c4cccc5cccc(Cl)c45)cnc23)C[C@@H]1CC#N. The molecule has 2 aliphatic rings. The Labute approximate surface area is 278 Å². The van der Waals surface area contributed by atoms with Gasteiger partial charge < -0.3 is 19.1 Å². The van der Waals surface area contributed by atoms with E-state index in [0.717, 1.165) is 41.2 Å². The Bertz CT molecular complexity index is 1940. The number of halogens is 2. The number of anilines is 1. The van der Waals surface area contributed by atoms with Crippen molar-refractivity contribution in [2.24, 2.45) is 11.8 Å². The molecule has 2 aromatic carbocycles. The molecule has 12 heteroatoms. The van der Waals surface area contributed by atoms with Gasteiger partial charge in [0.2, 0.25) is 0 Å². The van der Waals surface area contributed by atoms with Crippen LogP contribution in [0.4, 0.5) is 10.2 Å². The molecule has 2 fully saturated rings. The number of carbonyl (C=O) groups excluding carboxylic acids is 1. The second-order valence-corrected chi connectivity index (χ2v) is 16.9. The van der Waals surface area contributed by atoms with Crippen molar-refractivity contribution in [2.45, 2.75) is 31.7 Å². The van der Waals surface area contributed by atoms with Gasteiger partial charge in [0.15, 0.2) is 11.6 Å². The number of benzene rings is 2. The second kappa shape index (κ2) is 13.6. The van der Waals surface area contributed by atoms with Crippen molar-refractivity contribution in [3.8, 4) is 23.2 Å². The van der Waals surface area contributed by atoms with E-state index in [0.29, 0.717) is 47.1 Å². The van der Waals surface area contributed by atoms with Gasteiger partial charge in [0.25, 0.3) is 5.91 Å². The molecule has 9 nitrogen and oxygen atoms in total. The third-order valence-electron chi connectivity index (χ3n) is 9.18. The van der Waals surface area contributed by atoms with Gasteiger partial charge in [-0.2, -0.15) is 15.2 Å². The standard InChI is InChI=1S/C35H37ClFN6O3P/c1-22(37)34(44)43-16-15-42(19-27(43)13-14-38)33-32-30(40-35(41-33)46-20-24-9-4-10-25(24)21-47(2,3)45)17-26(18-39-32)28-11-5-7-23-8-6-12-29(36)31(23)28/h5-8,11-12,17-18,24-25,27H,1,4,9-10,13,15-16,19-21H2,2-3H3/t24?,25?,27-/m0/s1. The fourth-order valence-corrected chi connectivity index (χ4v) is 8.91. The van der Waals surface area contributed by atoms with Crippen molar-refractivity contribution in [1.82, 2.24) is 19.9 Å². The predicted molar refractivity (Wildman–Crippen MR) is 184 cm³/mol. The van der Waals surface area contributed by atoms with Crippen LogP contribution in [0.2, 0.25) is 5.02 Å². The molecule has 3 atom stereocenters. The molecule has 0 radical (unpaired) electrons. The van der Waals surface area contributed by atoms with Crippen LogP contribution in [0.1, 0.15) is 25.7 Å². The van der Waals surface area contributed by atoms with Gasteiger partial charge in [0.1, 0.15) is 5.52 Å². The maximum absolute atomic E-state index is 13.9. The number of pyridine rings is 1. The van der Waals surface area contributed by atoms with Gasteiger partial charge in [-0.1, -0.05) is 54.9 Å². The molecule has 4 aromatic rings. The normalized spacial score (nSPS) is 20.0. The summed E-state index contributed by atoms with van der Waals surface area (Å²) >= 11 is 6.66. The third-order valence-corrected chi connectivity index (χ3v) is 10.8. The largest absolute Gasteiger partial charge is 0.463 e. The Hall–Kier alpha value is -4.06. The summed E-state index contributed by atoms with van der Waals surface area (Å²) in [6.45, 7) is 8.00. The Balaban J connectivity index is 1.39. The summed E-state index contributed by atoms with van der Waals surface area (Å²) in [5.74, 6) is -0.789. The van der Waals surface area contributed by atoms with E-state index in [1.165, 1.54) is 4.90 Å². The van der Waals surface area contributed by atoms with E-state index in [-0.39, 0.29) is 31.4 Å². The molecular weight excluding hydrogens is 638 g/mol. The van der Waals surface area contributed by atoms with Gasteiger partial charge in [-0.15, -0.1) is 0 Å². The number of nitriles is 1. The molecule has 1 saturated heterocycles. The van der Waals surface area contributed by atoms with E-state index in [2.05, 4.69) is 12.6 Å². The van der Waals surface area contributed by atoms with Crippen molar-refractivity contribution < 1.29 is 18.5 Å². The smallest absolute Gasteiger partial charge is 0.319 e. The van der Waals surface area contributed by atoms with E-state index < -0.39 is 24.9 Å². The maximum atomic E-state index is 13.9. The molecule has 1 aliphatic heterocycles. The van der Waals surface area contributed by atoms with Gasteiger partial charge in [0.05, 0.1) is 37.8 Å². The van der Waals surface area contributed by atoms with Crippen LogP contribution >= 0.6 is 18.7 Å². The van der Waals surface area contributed by atoms with Crippen LogP contribution in [0.5, 0.6) is 6.01 Å². The topological polar surface area (TPSA) is 112 Å². The van der Waals surface area contributed by atoms with Crippen LogP contribution in [0, 0.1) is 23.2 Å². The first-order valence-electron chi connectivity index (χ1n) is 15.8. The number of amides is 1. The number of carbonyl (C=O) groups is 1. The quantitative estimate of drug-likeness (QED) is 0.134. The van der Waals surface area contributed by atoms with Crippen LogP contribution in [0.25, 0.3) is 32.9 Å². The lowest BCUT2D eigenvalue weighted by molar-refractivity contribution is -0.131. The zero-order chi connectivity index (χ0) is 33.3. The lowest BCUT2D eigenvalue weighted by atomic mass is 9.99. The summed E-state index contributed by atoms with van der Waals surface area (Å²) in [7, 11) is -2.18. The van der Waals surface area contributed by atoms with Gasteiger partial charge >= 0.3 is 6.01 Å². The molecule has 0 N–H and O–H groups in total. The molecule has 6 rings (SSSR count). The van der Waals surface area contributed by atoms with Crippen molar-refractivity contribution in [3.63, 3.8) is 0 Å². The summed E-state index contributed by atoms with van der Waals surface area (Å²) in [4.78, 5) is 30.3. The molecular formula is C35H37ClFN6O3P. The van der Waals surface area contributed by atoms with Gasteiger partial charge in [-0.25, -0.2) is 4.39 Å². The molecule has 0 bridgehead atoms. The molecule has 1 amide bonds. The van der Waals surface area contributed by atoms with Crippen LogP contribution in [-0.4, -0.2) is 77.5 Å². The number of piperazine rings is 1. The summed E-state index contributed by atoms with van der Waals surface area (Å²) < 4.78 is 32.8. The number of rotatable bonds is 9. The lowest BCUT2D eigenvalue weighted by Gasteiger charge is -2.41. The van der Waals surface area contributed by atoms with Gasteiger partial charge in [0, 0.05) is 48.0 Å². The lowest BCUT2D eigenvalue weighted by Crippen LogP contribution is -2.55. The zero-order valence-electron chi connectivity index (χ0n) is 26.5. The maximum Gasteiger partial charge on any atom is 0.319 e. The van der Waals surface area contributed by atoms with Crippen LogP contribution in [0.3, 0.4) is 0 Å². The second-order valence-electron chi connectivity index (χ2n) is 12.9. The molecule has 2 unspecified atom stereocenters. The molecule has 2 aromatic heterocycles. The minimum absolute atomic E-state index is 0.0170. The molecule has 1 aliphatic carbocycles. The first kappa shape index (κ1) is 32.9. The Morgan fingerprint density at radius 1 is 1.17 bits per heavy atom. The number of hydrogen-bond acceptors (Lipinski definition) is 8. The van der Waals surface area contributed by atoms with Crippen molar-refractivity contribution >= 4 is 52.3 Å². The third kappa shape index (κ3) is 7.12. The van der Waals surface area contributed by atoms with Crippen LogP contribution in [-0.2, 0) is 9.36 Å². The number of hydrogen-bond donors (Lipinski definition) is 0. The summed E-state index contributed by atoms with van der Waals surface area (Å²) in [6.07, 6.45) is 5.56. The van der Waals surface area contributed by atoms with Crippen LogP contribution < -0.4 is 9.64 Å². The zero-order valence-corrected chi connectivity index (χ0v) is 28.2. The van der Waals surface area contributed by atoms with E-state index >= 15 is 0 Å². The number of aromatic nitrogens is 3. The number of fused-ring (bicyclic) bond motifs is 2. The van der Waals surface area contributed by atoms with Crippen LogP contribution in [0.15, 0.2) is 61.1 Å². The summed E-state index contributed by atoms with van der Waals surface area (Å²) in [5, 5.41) is 12.1. The fourth-order valence-electron chi connectivity index (χ4n) is 7.02. The Morgan fingerprint density at radius 2 is 1.94 bits per heavy atom. The van der Waals surface area contributed by atoms with E-state index in [1.807, 2.05) is 60.7 Å². The number of nitrogens with zero attached hydrogens (tertiary/aromatic N) is 6. The minimum Gasteiger partial charge on any atom is -0.463 e. The Kier molecular flexibility index (Phi) is 9.50. The first-order valence-corrected chi connectivity index (χ1v) is 19.0. The summed E-state index contributed by atoms with van der Waals surface area (Å²) in [5.41, 5.74) is 2.83. The highest BCUT2D eigenvalue weighted by atomic mass is 35.5. The number of ether oxygens (including phenoxy) is 1. The van der Waals surface area contributed by atoms with Crippen molar-refractivity contribution in [3.05, 3.63) is 66.1 Å². The van der Waals surface area contributed by atoms with E-state index in [4.69, 9.17) is 31.3 Å². The average Bonchev–Trinajstić information content (AvgIpc) is 3.48. The van der Waals surface area contributed by atoms with Crippen molar-refractivity contribution in [1.29, 1.82) is 5.26 Å². The highest BCUT2D eigenvalue weighted by Gasteiger charge is 2.34. The molecule has 244 valence electrons. The van der Waals surface area contributed by atoms with Gasteiger partial charge in [-0.05, 0) is 61.1 Å². The first-order chi connectivity index (χ1) is 22.5.